The first kappa shape index (κ1) is 30.2. The summed E-state index contributed by atoms with van der Waals surface area (Å²) in [6, 6.07) is 0. The van der Waals surface area contributed by atoms with Gasteiger partial charge in [-0.15, -0.1) is 0 Å². The van der Waals surface area contributed by atoms with Crippen LogP contribution in [0.15, 0.2) is 0 Å². The molecule has 5 atom stereocenters. The maximum Gasteiger partial charge on any atom is 0.369 e. The van der Waals surface area contributed by atoms with Crippen molar-refractivity contribution in [1.82, 2.24) is 0 Å². The van der Waals surface area contributed by atoms with Crippen molar-refractivity contribution in [3.63, 3.8) is 0 Å². The zero-order chi connectivity index (χ0) is 24.7. The lowest BCUT2D eigenvalue weighted by atomic mass is 10.0. The van der Waals surface area contributed by atoms with Crippen LogP contribution in [-0.2, 0) is 14.3 Å². The molecule has 0 aliphatic carbocycles. The molecule has 1 heterocycles. The molecule has 0 amide bonds. The molecule has 1 aliphatic rings. The third-order valence-electron chi connectivity index (χ3n) is 6.34. The SMILES string of the molecule is CCCCCCCCCCCCCCCC(O)C(O)(O)C(=O)O[C@H](CO)[C@H]1OC[C@H](O)[C@H]1O. The van der Waals surface area contributed by atoms with Crippen LogP contribution >= 0.6 is 0 Å². The molecular weight excluding hydrogens is 432 g/mol. The molecule has 1 aliphatic heterocycles. The van der Waals surface area contributed by atoms with E-state index in [4.69, 9.17) is 9.47 Å². The highest BCUT2D eigenvalue weighted by Gasteiger charge is 2.47. The zero-order valence-electron chi connectivity index (χ0n) is 20.1. The van der Waals surface area contributed by atoms with Crippen LogP contribution in [0.4, 0.5) is 0 Å². The van der Waals surface area contributed by atoms with Crippen molar-refractivity contribution < 1.29 is 44.9 Å². The molecule has 196 valence electrons. The molecule has 1 fully saturated rings. The van der Waals surface area contributed by atoms with Crippen LogP contribution in [0.2, 0.25) is 0 Å². The molecule has 9 heteroatoms. The number of esters is 1. The van der Waals surface area contributed by atoms with Crippen LogP contribution < -0.4 is 0 Å². The summed E-state index contributed by atoms with van der Waals surface area (Å²) in [6.45, 7) is 1.26. The van der Waals surface area contributed by atoms with E-state index in [0.29, 0.717) is 6.42 Å². The van der Waals surface area contributed by atoms with Gasteiger partial charge in [-0.3, -0.25) is 0 Å². The Labute approximate surface area is 197 Å². The zero-order valence-corrected chi connectivity index (χ0v) is 20.1. The molecule has 1 unspecified atom stereocenters. The Kier molecular flexibility index (Phi) is 15.3. The lowest BCUT2D eigenvalue weighted by Gasteiger charge is -2.29. The second-order valence-corrected chi connectivity index (χ2v) is 9.26. The van der Waals surface area contributed by atoms with Gasteiger partial charge in [0.25, 0.3) is 5.79 Å². The molecule has 0 aromatic rings. The average molecular weight is 479 g/mol. The standard InChI is InChI=1S/C24H46O9/c1-2-3-4-5-6-7-8-9-10-11-12-13-14-15-20(27)24(30,31)23(29)33-19(16-25)22-21(28)18(26)17-32-22/h18-22,25-28,30-31H,2-17H2,1H3/t18-,19+,20?,21+,22+/m0/s1. The van der Waals surface area contributed by atoms with Crippen molar-refractivity contribution in [3.8, 4) is 0 Å². The Morgan fingerprint density at radius 2 is 1.42 bits per heavy atom. The highest BCUT2D eigenvalue weighted by Crippen LogP contribution is 2.23. The number of unbranched alkanes of at least 4 members (excludes halogenated alkanes) is 12. The predicted octanol–water partition coefficient (Wildman–Crippen LogP) is 1.53. The van der Waals surface area contributed by atoms with Gasteiger partial charge in [-0.2, -0.15) is 0 Å². The molecule has 0 spiro atoms. The van der Waals surface area contributed by atoms with Crippen LogP contribution in [-0.4, -0.2) is 86.1 Å². The van der Waals surface area contributed by atoms with E-state index < -0.39 is 48.9 Å². The van der Waals surface area contributed by atoms with E-state index in [1.807, 2.05) is 0 Å². The molecule has 1 rings (SSSR count). The second-order valence-electron chi connectivity index (χ2n) is 9.26. The number of hydrogen-bond donors (Lipinski definition) is 6. The Morgan fingerprint density at radius 3 is 1.85 bits per heavy atom. The third kappa shape index (κ3) is 11.0. The van der Waals surface area contributed by atoms with Crippen LogP contribution in [0, 0.1) is 0 Å². The molecule has 0 saturated carbocycles. The number of hydrogen-bond acceptors (Lipinski definition) is 9. The predicted molar refractivity (Wildman–Crippen MR) is 122 cm³/mol. The maximum absolute atomic E-state index is 12.2. The van der Waals surface area contributed by atoms with E-state index in [1.54, 1.807) is 0 Å². The van der Waals surface area contributed by atoms with Crippen molar-refractivity contribution >= 4 is 5.97 Å². The Balaban J connectivity index is 2.18. The number of aliphatic hydroxyl groups excluding tert-OH is 4. The topological polar surface area (TPSA) is 157 Å². The van der Waals surface area contributed by atoms with Gasteiger partial charge in [-0.05, 0) is 6.42 Å². The Hall–Kier alpha value is -0.810. The summed E-state index contributed by atoms with van der Waals surface area (Å²) in [5.74, 6) is -4.69. The Bertz CT molecular complexity index is 514. The summed E-state index contributed by atoms with van der Waals surface area (Å²) in [5, 5.41) is 58.9. The van der Waals surface area contributed by atoms with Crippen LogP contribution in [0.5, 0.6) is 0 Å². The first-order valence-corrected chi connectivity index (χ1v) is 12.7. The maximum atomic E-state index is 12.2. The summed E-state index contributed by atoms with van der Waals surface area (Å²) >= 11 is 0. The summed E-state index contributed by atoms with van der Waals surface area (Å²) in [4.78, 5) is 12.2. The lowest BCUT2D eigenvalue weighted by molar-refractivity contribution is -0.250. The van der Waals surface area contributed by atoms with Crippen molar-refractivity contribution in [2.45, 2.75) is 133 Å². The number of carbonyl (C=O) groups excluding carboxylic acids is 1. The van der Waals surface area contributed by atoms with Crippen molar-refractivity contribution in [2.24, 2.45) is 0 Å². The van der Waals surface area contributed by atoms with E-state index in [0.717, 1.165) is 19.3 Å². The third-order valence-corrected chi connectivity index (χ3v) is 6.34. The average Bonchev–Trinajstić information content (AvgIpc) is 3.12. The quantitative estimate of drug-likeness (QED) is 0.0920. The van der Waals surface area contributed by atoms with Gasteiger partial charge in [0.1, 0.15) is 24.4 Å². The molecular formula is C24H46O9. The van der Waals surface area contributed by atoms with E-state index in [2.05, 4.69) is 6.92 Å². The van der Waals surface area contributed by atoms with E-state index in [9.17, 15) is 35.4 Å². The minimum Gasteiger partial charge on any atom is -0.453 e. The highest BCUT2D eigenvalue weighted by atomic mass is 16.6. The number of rotatable bonds is 19. The van der Waals surface area contributed by atoms with Crippen LogP contribution in [0.25, 0.3) is 0 Å². The summed E-state index contributed by atoms with van der Waals surface area (Å²) in [7, 11) is 0. The van der Waals surface area contributed by atoms with Crippen molar-refractivity contribution in [1.29, 1.82) is 0 Å². The summed E-state index contributed by atoms with van der Waals surface area (Å²) in [6.07, 6.45) is 7.99. The molecule has 33 heavy (non-hydrogen) atoms. The highest BCUT2D eigenvalue weighted by molar-refractivity contribution is 5.78. The second kappa shape index (κ2) is 16.8. The fourth-order valence-electron chi connectivity index (χ4n) is 4.08. The molecule has 0 aromatic carbocycles. The summed E-state index contributed by atoms with van der Waals surface area (Å²) < 4.78 is 9.96. The monoisotopic (exact) mass is 478 g/mol. The fraction of sp³-hybridized carbons (Fsp3) is 0.958. The van der Waals surface area contributed by atoms with E-state index >= 15 is 0 Å². The number of carbonyl (C=O) groups is 1. The minimum absolute atomic E-state index is 0.00488. The van der Waals surface area contributed by atoms with Gasteiger partial charge in [0, 0.05) is 0 Å². The van der Waals surface area contributed by atoms with Gasteiger partial charge in [-0.25, -0.2) is 4.79 Å². The van der Waals surface area contributed by atoms with Gasteiger partial charge in [-0.1, -0.05) is 90.4 Å². The Morgan fingerprint density at radius 1 is 0.939 bits per heavy atom. The molecule has 6 N–H and O–H groups in total. The molecule has 1 saturated heterocycles. The van der Waals surface area contributed by atoms with Gasteiger partial charge < -0.3 is 40.1 Å². The minimum atomic E-state index is -3.15. The van der Waals surface area contributed by atoms with Gasteiger partial charge >= 0.3 is 5.97 Å². The van der Waals surface area contributed by atoms with Crippen LogP contribution in [0.1, 0.15) is 96.8 Å². The lowest BCUT2D eigenvalue weighted by Crippen LogP contribution is -2.53. The molecule has 0 bridgehead atoms. The number of ether oxygens (including phenoxy) is 2. The van der Waals surface area contributed by atoms with Crippen molar-refractivity contribution in [2.75, 3.05) is 13.2 Å². The molecule has 9 nitrogen and oxygen atoms in total. The molecule has 0 radical (unpaired) electrons. The first-order valence-electron chi connectivity index (χ1n) is 12.7. The van der Waals surface area contributed by atoms with Crippen LogP contribution in [0.3, 0.4) is 0 Å². The van der Waals surface area contributed by atoms with E-state index in [1.165, 1.54) is 57.8 Å². The normalized spacial score (nSPS) is 22.9. The summed E-state index contributed by atoms with van der Waals surface area (Å²) in [5.41, 5.74) is 0. The fourth-order valence-corrected chi connectivity index (χ4v) is 4.08. The van der Waals surface area contributed by atoms with E-state index in [-0.39, 0.29) is 13.0 Å². The first-order chi connectivity index (χ1) is 15.8. The van der Waals surface area contributed by atoms with Gasteiger partial charge in [0.15, 0.2) is 6.10 Å². The van der Waals surface area contributed by atoms with Crippen molar-refractivity contribution in [3.05, 3.63) is 0 Å². The van der Waals surface area contributed by atoms with Gasteiger partial charge in [0.2, 0.25) is 0 Å². The van der Waals surface area contributed by atoms with Gasteiger partial charge in [0.05, 0.1) is 13.2 Å². The molecule has 0 aromatic heterocycles. The largest absolute Gasteiger partial charge is 0.453 e. The number of aliphatic hydroxyl groups is 6. The smallest absolute Gasteiger partial charge is 0.369 e.